The Kier molecular flexibility index (Phi) is 4.66. The van der Waals surface area contributed by atoms with Crippen molar-refractivity contribution in [2.75, 3.05) is 17.2 Å². The van der Waals surface area contributed by atoms with Gasteiger partial charge in [0.2, 0.25) is 0 Å². The average Bonchev–Trinajstić information content (AvgIpc) is 2.68. The minimum absolute atomic E-state index is 0.172. The van der Waals surface area contributed by atoms with Gasteiger partial charge in [0.05, 0.1) is 5.56 Å². The first kappa shape index (κ1) is 18.9. The number of nitrogen functional groups attached to an aromatic ring is 1. The summed E-state index contributed by atoms with van der Waals surface area (Å²) in [6, 6.07) is 16.7. The van der Waals surface area contributed by atoms with Crippen molar-refractivity contribution >= 4 is 17.3 Å². The highest BCUT2D eigenvalue weighted by molar-refractivity contribution is 6.08. The summed E-state index contributed by atoms with van der Waals surface area (Å²) in [5.41, 5.74) is 7.61. The average molecular weight is 398 g/mol. The topological polar surface area (TPSA) is 55.6 Å². The predicted octanol–water partition coefficient (Wildman–Crippen LogP) is 5.28. The smallest absolute Gasteiger partial charge is 0.416 e. The summed E-state index contributed by atoms with van der Waals surface area (Å²) in [4.78, 5) is 14.6. The molecule has 0 aromatic heterocycles. The Morgan fingerprint density at radius 3 is 2.38 bits per heavy atom. The number of anilines is 2. The fourth-order valence-corrected chi connectivity index (χ4v) is 3.37. The number of halogens is 3. The number of carbonyl (C=O) groups excluding carboxylic acids is 1. The fraction of sp³-hybridized carbons (Fsp3) is 0.136. The highest BCUT2D eigenvalue weighted by Crippen LogP contribution is 2.35. The van der Waals surface area contributed by atoms with Crippen LogP contribution in [0.5, 0.6) is 11.5 Å². The molecule has 0 spiro atoms. The zero-order valence-electron chi connectivity index (χ0n) is 15.2. The zero-order valence-corrected chi connectivity index (χ0v) is 15.2. The van der Waals surface area contributed by atoms with Crippen molar-refractivity contribution in [3.05, 3.63) is 83.4 Å². The molecule has 0 atom stereocenters. The van der Waals surface area contributed by atoms with Gasteiger partial charge in [-0.05, 0) is 61.0 Å². The molecule has 1 amide bonds. The Bertz CT molecular complexity index is 1060. The van der Waals surface area contributed by atoms with Gasteiger partial charge in [-0.3, -0.25) is 4.79 Å². The van der Waals surface area contributed by atoms with Crippen LogP contribution >= 0.6 is 0 Å². The number of alkyl halides is 3. The molecule has 1 aliphatic rings. The number of ether oxygens (including phenoxy) is 1. The fourth-order valence-electron chi connectivity index (χ4n) is 3.37. The molecule has 0 unspecified atom stereocenters. The summed E-state index contributed by atoms with van der Waals surface area (Å²) in [5, 5.41) is 0. The van der Waals surface area contributed by atoms with Crippen LogP contribution < -0.4 is 15.4 Å². The van der Waals surface area contributed by atoms with Gasteiger partial charge in [-0.2, -0.15) is 13.2 Å². The van der Waals surface area contributed by atoms with Crippen molar-refractivity contribution in [2.45, 2.75) is 12.6 Å². The Balaban J connectivity index is 1.61. The number of nitrogens with zero attached hydrogens (tertiary/aromatic N) is 1. The number of rotatable bonds is 3. The minimum atomic E-state index is -4.40. The molecule has 29 heavy (non-hydrogen) atoms. The van der Waals surface area contributed by atoms with Crippen molar-refractivity contribution in [2.24, 2.45) is 0 Å². The molecule has 7 heteroatoms. The number of hydrogen-bond donors (Lipinski definition) is 1. The Labute approximate surface area is 165 Å². The molecule has 0 saturated carbocycles. The number of hydrogen-bond acceptors (Lipinski definition) is 3. The van der Waals surface area contributed by atoms with Gasteiger partial charge in [-0.25, -0.2) is 0 Å². The van der Waals surface area contributed by atoms with Crippen molar-refractivity contribution in [1.82, 2.24) is 0 Å². The molecule has 1 heterocycles. The van der Waals surface area contributed by atoms with E-state index in [0.717, 1.165) is 23.4 Å². The molecule has 3 aromatic carbocycles. The van der Waals surface area contributed by atoms with Gasteiger partial charge in [-0.1, -0.05) is 12.1 Å². The number of carbonyl (C=O) groups is 1. The minimum Gasteiger partial charge on any atom is -0.457 e. The number of fused-ring (bicyclic) bond motifs is 1. The van der Waals surface area contributed by atoms with Crippen LogP contribution in [0, 0.1) is 0 Å². The maximum absolute atomic E-state index is 13.0. The maximum atomic E-state index is 13.0. The van der Waals surface area contributed by atoms with Gasteiger partial charge < -0.3 is 15.4 Å². The Morgan fingerprint density at radius 1 is 0.966 bits per heavy atom. The summed E-state index contributed by atoms with van der Waals surface area (Å²) >= 11 is 0. The third-order valence-electron chi connectivity index (χ3n) is 4.79. The van der Waals surface area contributed by atoms with Gasteiger partial charge >= 0.3 is 6.18 Å². The van der Waals surface area contributed by atoms with Gasteiger partial charge in [0, 0.05) is 29.0 Å². The van der Waals surface area contributed by atoms with Crippen LogP contribution in [0.25, 0.3) is 0 Å². The second kappa shape index (κ2) is 7.16. The highest BCUT2D eigenvalue weighted by atomic mass is 19.4. The van der Waals surface area contributed by atoms with E-state index >= 15 is 0 Å². The van der Waals surface area contributed by atoms with E-state index in [-0.39, 0.29) is 11.7 Å². The second-order valence-corrected chi connectivity index (χ2v) is 6.71. The van der Waals surface area contributed by atoms with E-state index in [0.29, 0.717) is 30.0 Å². The molecule has 0 fully saturated rings. The number of amides is 1. The van der Waals surface area contributed by atoms with E-state index in [2.05, 4.69) is 0 Å². The molecule has 1 aliphatic heterocycles. The monoisotopic (exact) mass is 398 g/mol. The summed E-state index contributed by atoms with van der Waals surface area (Å²) < 4.78 is 44.0. The van der Waals surface area contributed by atoms with Crippen LogP contribution in [0.15, 0.2) is 66.7 Å². The first-order valence-electron chi connectivity index (χ1n) is 8.97. The molecule has 3 aromatic rings. The lowest BCUT2D eigenvalue weighted by Crippen LogP contribution is -2.37. The molecular weight excluding hydrogens is 381 g/mol. The van der Waals surface area contributed by atoms with Crippen molar-refractivity contribution in [3.8, 4) is 11.5 Å². The molecule has 0 bridgehead atoms. The van der Waals surface area contributed by atoms with Gasteiger partial charge in [-0.15, -0.1) is 0 Å². The number of benzene rings is 3. The molecular formula is C22H17F3N2O2. The van der Waals surface area contributed by atoms with Crippen LogP contribution in [-0.4, -0.2) is 12.5 Å². The van der Waals surface area contributed by atoms with Gasteiger partial charge in [0.15, 0.2) is 0 Å². The van der Waals surface area contributed by atoms with Crippen LogP contribution in [0.3, 0.4) is 0 Å². The largest absolute Gasteiger partial charge is 0.457 e. The summed E-state index contributed by atoms with van der Waals surface area (Å²) in [6.45, 7) is 0.447. The third kappa shape index (κ3) is 3.76. The maximum Gasteiger partial charge on any atom is 0.416 e. The molecule has 148 valence electrons. The van der Waals surface area contributed by atoms with E-state index in [4.69, 9.17) is 10.5 Å². The van der Waals surface area contributed by atoms with E-state index in [9.17, 15) is 18.0 Å². The standard InChI is InChI=1S/C22H17F3N2O2/c23-22(24,25)14-7-9-17(10-8-14)29-20-6-2-5-19-18(20)11-12-27(21(19)28)16-4-1-3-15(26)13-16/h1-10,13H,11-12,26H2. The second-order valence-electron chi connectivity index (χ2n) is 6.71. The predicted molar refractivity (Wildman–Crippen MR) is 104 cm³/mol. The molecule has 2 N–H and O–H groups in total. The van der Waals surface area contributed by atoms with Crippen LogP contribution in [0.2, 0.25) is 0 Å². The third-order valence-corrected chi connectivity index (χ3v) is 4.79. The van der Waals surface area contributed by atoms with E-state index < -0.39 is 11.7 Å². The lowest BCUT2D eigenvalue weighted by molar-refractivity contribution is -0.137. The van der Waals surface area contributed by atoms with Crippen molar-refractivity contribution < 1.29 is 22.7 Å². The lowest BCUT2D eigenvalue weighted by Gasteiger charge is -2.29. The van der Waals surface area contributed by atoms with Crippen molar-refractivity contribution in [1.29, 1.82) is 0 Å². The highest BCUT2D eigenvalue weighted by Gasteiger charge is 2.30. The summed E-state index contributed by atoms with van der Waals surface area (Å²) in [5.74, 6) is 0.565. The molecule has 4 nitrogen and oxygen atoms in total. The van der Waals surface area contributed by atoms with E-state index in [1.807, 2.05) is 6.07 Å². The summed E-state index contributed by atoms with van der Waals surface area (Å²) in [7, 11) is 0. The SMILES string of the molecule is Nc1cccc(N2CCc3c(Oc4ccc(C(F)(F)F)cc4)cccc3C2=O)c1. The molecule has 0 aliphatic carbocycles. The molecule has 0 radical (unpaired) electrons. The number of nitrogens with two attached hydrogens (primary N) is 1. The van der Waals surface area contributed by atoms with E-state index in [1.165, 1.54) is 12.1 Å². The first-order valence-corrected chi connectivity index (χ1v) is 8.97. The Hall–Kier alpha value is -3.48. The van der Waals surface area contributed by atoms with Crippen LogP contribution in [0.4, 0.5) is 24.5 Å². The van der Waals surface area contributed by atoms with Crippen LogP contribution in [0.1, 0.15) is 21.5 Å². The molecule has 4 rings (SSSR count). The van der Waals surface area contributed by atoms with E-state index in [1.54, 1.807) is 41.3 Å². The van der Waals surface area contributed by atoms with Crippen molar-refractivity contribution in [3.63, 3.8) is 0 Å². The van der Waals surface area contributed by atoms with Crippen LogP contribution in [-0.2, 0) is 12.6 Å². The lowest BCUT2D eigenvalue weighted by atomic mass is 9.97. The van der Waals surface area contributed by atoms with Gasteiger partial charge in [0.1, 0.15) is 11.5 Å². The first-order chi connectivity index (χ1) is 13.8. The normalized spacial score (nSPS) is 13.9. The zero-order chi connectivity index (χ0) is 20.6. The Morgan fingerprint density at radius 2 is 1.69 bits per heavy atom. The molecule has 0 saturated heterocycles. The quantitative estimate of drug-likeness (QED) is 0.611. The summed E-state index contributed by atoms with van der Waals surface area (Å²) in [6.07, 6.45) is -3.85. The van der Waals surface area contributed by atoms with Gasteiger partial charge in [0.25, 0.3) is 5.91 Å².